The largest absolute Gasteiger partial charge is 0.354 e. The van der Waals surface area contributed by atoms with E-state index in [2.05, 4.69) is 15.8 Å². The number of nitrogens with one attached hydrogen (secondary N) is 3. The Morgan fingerprint density at radius 3 is 2.93 bits per heavy atom. The van der Waals surface area contributed by atoms with Gasteiger partial charge in [0.15, 0.2) is 0 Å². The second kappa shape index (κ2) is 6.18. The summed E-state index contributed by atoms with van der Waals surface area (Å²) in [5, 5.41) is 4.21. The predicted molar refractivity (Wildman–Crippen MR) is 101 cm³/mol. The number of halogens is 1. The van der Waals surface area contributed by atoms with Crippen LogP contribution in [0.15, 0.2) is 30.3 Å². The van der Waals surface area contributed by atoms with E-state index >= 15 is 4.39 Å². The third-order valence-corrected chi connectivity index (χ3v) is 5.59. The van der Waals surface area contributed by atoms with Crippen molar-refractivity contribution < 1.29 is 14.0 Å². The normalized spacial score (nSPS) is 19.3. The Hall–Kier alpha value is -2.70. The van der Waals surface area contributed by atoms with Crippen LogP contribution < -0.4 is 10.8 Å². The highest BCUT2D eigenvalue weighted by molar-refractivity contribution is 6.09. The molecule has 2 aromatic carbocycles. The Morgan fingerprint density at radius 1 is 1.26 bits per heavy atom. The molecule has 5 rings (SSSR count). The lowest BCUT2D eigenvalue weighted by atomic mass is 9.94. The molecular formula is C21H20FN3O2. The van der Waals surface area contributed by atoms with Gasteiger partial charge in [0.1, 0.15) is 12.4 Å². The highest BCUT2D eigenvalue weighted by Crippen LogP contribution is 2.37. The number of aromatic amines is 1. The van der Waals surface area contributed by atoms with Crippen LogP contribution in [0.25, 0.3) is 22.2 Å². The van der Waals surface area contributed by atoms with Gasteiger partial charge in [0, 0.05) is 33.6 Å². The average molecular weight is 365 g/mol. The van der Waals surface area contributed by atoms with Crippen LogP contribution in [0.1, 0.15) is 45.9 Å². The molecule has 1 unspecified atom stereocenters. The number of aryl methyl sites for hydroxylation is 1. The molecule has 0 radical (unpaired) electrons. The number of aromatic nitrogens is 1. The van der Waals surface area contributed by atoms with Crippen LogP contribution in [0, 0.1) is 12.7 Å². The van der Waals surface area contributed by atoms with Crippen molar-refractivity contribution in [3.8, 4) is 11.3 Å². The third-order valence-electron chi connectivity index (χ3n) is 5.59. The lowest BCUT2D eigenvalue weighted by Crippen LogP contribution is -2.21. The van der Waals surface area contributed by atoms with Gasteiger partial charge in [0.05, 0.1) is 11.3 Å². The minimum absolute atomic E-state index is 0.0834. The van der Waals surface area contributed by atoms with Crippen molar-refractivity contribution in [3.63, 3.8) is 0 Å². The van der Waals surface area contributed by atoms with Gasteiger partial charge in [0.2, 0.25) is 0 Å². The van der Waals surface area contributed by atoms with Crippen molar-refractivity contribution in [2.45, 2.75) is 32.4 Å². The minimum Gasteiger partial charge on any atom is -0.354 e. The molecule has 1 fully saturated rings. The maximum absolute atomic E-state index is 15.0. The van der Waals surface area contributed by atoms with E-state index in [9.17, 15) is 4.79 Å². The molecule has 5 nitrogen and oxygen atoms in total. The number of hydroxylamine groups is 1. The molecule has 27 heavy (non-hydrogen) atoms. The molecule has 0 bridgehead atoms. The molecule has 3 heterocycles. The Bertz CT molecular complexity index is 1040. The van der Waals surface area contributed by atoms with Crippen LogP contribution in [0.3, 0.4) is 0 Å². The van der Waals surface area contributed by atoms with Crippen LogP contribution in [0.2, 0.25) is 0 Å². The number of rotatable bonds is 2. The summed E-state index contributed by atoms with van der Waals surface area (Å²) in [6, 6.07) is 9.20. The number of amides is 1. The van der Waals surface area contributed by atoms with Gasteiger partial charge in [-0.15, -0.1) is 0 Å². The standard InChI is InChI=1S/C21H20FN3O2/c1-11-8-12(9-15(22)18(11)16-6-3-7-23-16)20-14-10-27-25-21(26)13-4-2-5-17(24-20)19(13)14/h2,4-5,8-9,16,23-24H,3,6-7,10H2,1H3,(H,25,26). The molecule has 138 valence electrons. The molecule has 0 spiro atoms. The van der Waals surface area contributed by atoms with Gasteiger partial charge >= 0.3 is 0 Å². The smallest absolute Gasteiger partial charge is 0.275 e. The minimum atomic E-state index is -0.269. The molecule has 0 saturated carbocycles. The van der Waals surface area contributed by atoms with E-state index in [-0.39, 0.29) is 24.4 Å². The topological polar surface area (TPSA) is 66.1 Å². The Morgan fingerprint density at radius 2 is 2.15 bits per heavy atom. The van der Waals surface area contributed by atoms with Crippen molar-refractivity contribution in [1.82, 2.24) is 15.8 Å². The quantitative estimate of drug-likeness (QED) is 0.646. The van der Waals surface area contributed by atoms with Crippen molar-refractivity contribution >= 4 is 16.8 Å². The van der Waals surface area contributed by atoms with Crippen LogP contribution in [0.5, 0.6) is 0 Å². The number of carbonyl (C=O) groups excluding carboxylic acids is 1. The zero-order chi connectivity index (χ0) is 18.5. The van der Waals surface area contributed by atoms with E-state index in [1.807, 2.05) is 25.1 Å². The first-order valence-electron chi connectivity index (χ1n) is 9.23. The first-order valence-corrected chi connectivity index (χ1v) is 9.23. The van der Waals surface area contributed by atoms with Gasteiger partial charge in [0.25, 0.3) is 5.91 Å². The maximum Gasteiger partial charge on any atom is 0.275 e. The predicted octanol–water partition coefficient (Wildman–Crippen LogP) is 3.88. The number of carbonyl (C=O) groups is 1. The fourth-order valence-corrected chi connectivity index (χ4v) is 4.40. The molecule has 0 aliphatic carbocycles. The molecule has 3 N–H and O–H groups in total. The van der Waals surface area contributed by atoms with Gasteiger partial charge in [-0.1, -0.05) is 6.07 Å². The highest BCUT2D eigenvalue weighted by Gasteiger charge is 2.25. The van der Waals surface area contributed by atoms with Crippen LogP contribution >= 0.6 is 0 Å². The van der Waals surface area contributed by atoms with E-state index in [0.29, 0.717) is 5.56 Å². The lowest BCUT2D eigenvalue weighted by molar-refractivity contribution is 0.0256. The summed E-state index contributed by atoms with van der Waals surface area (Å²) >= 11 is 0. The van der Waals surface area contributed by atoms with Crippen molar-refractivity contribution in [3.05, 3.63) is 58.4 Å². The van der Waals surface area contributed by atoms with Crippen LogP contribution in [-0.2, 0) is 11.4 Å². The molecule has 1 atom stereocenters. The average Bonchev–Trinajstić information content (AvgIpc) is 3.25. The van der Waals surface area contributed by atoms with E-state index in [1.165, 1.54) is 0 Å². The van der Waals surface area contributed by atoms with Crippen molar-refractivity contribution in [2.24, 2.45) is 0 Å². The summed E-state index contributed by atoms with van der Waals surface area (Å²) in [6.07, 6.45) is 2.03. The molecule has 6 heteroatoms. The van der Waals surface area contributed by atoms with Gasteiger partial charge in [-0.05, 0) is 56.1 Å². The molecule has 1 aromatic heterocycles. The molecule has 2 aliphatic heterocycles. The molecule has 1 amide bonds. The SMILES string of the molecule is Cc1cc(-c2[nH]c3cccc4c3c2CONC4=O)cc(F)c1C1CCCN1. The molecule has 1 saturated heterocycles. The summed E-state index contributed by atoms with van der Waals surface area (Å²) in [6.45, 7) is 3.11. The van der Waals surface area contributed by atoms with Crippen LogP contribution in [-0.4, -0.2) is 17.4 Å². The van der Waals surface area contributed by atoms with Crippen LogP contribution in [0.4, 0.5) is 4.39 Å². The first kappa shape index (κ1) is 16.5. The Labute approximate surface area is 155 Å². The monoisotopic (exact) mass is 365 g/mol. The Kier molecular flexibility index (Phi) is 3.77. The molecule has 2 aliphatic rings. The van der Waals surface area contributed by atoms with Crippen molar-refractivity contribution in [1.29, 1.82) is 0 Å². The number of H-pyrrole nitrogens is 1. The molecular weight excluding hydrogens is 345 g/mol. The summed E-state index contributed by atoms with van der Waals surface area (Å²) in [5.74, 6) is -0.464. The maximum atomic E-state index is 15.0. The summed E-state index contributed by atoms with van der Waals surface area (Å²) in [7, 11) is 0. The second-order valence-corrected chi connectivity index (χ2v) is 7.26. The fourth-order valence-electron chi connectivity index (χ4n) is 4.40. The number of hydrogen-bond acceptors (Lipinski definition) is 3. The van der Waals surface area contributed by atoms with Gasteiger partial charge in [-0.25, -0.2) is 9.87 Å². The second-order valence-electron chi connectivity index (χ2n) is 7.26. The fraction of sp³-hybridized carbons (Fsp3) is 0.286. The summed E-state index contributed by atoms with van der Waals surface area (Å²) in [4.78, 5) is 20.9. The number of benzene rings is 2. The van der Waals surface area contributed by atoms with Crippen molar-refractivity contribution in [2.75, 3.05) is 6.54 Å². The third kappa shape index (κ3) is 2.56. The van der Waals surface area contributed by atoms with E-state index < -0.39 is 0 Å². The number of hydrogen-bond donors (Lipinski definition) is 3. The molecule has 3 aromatic rings. The van der Waals surface area contributed by atoms with Gasteiger partial charge in [-0.3, -0.25) is 9.63 Å². The lowest BCUT2D eigenvalue weighted by Gasteiger charge is -2.16. The van der Waals surface area contributed by atoms with E-state index in [1.54, 1.807) is 12.1 Å². The summed E-state index contributed by atoms with van der Waals surface area (Å²) < 4.78 is 15.0. The van der Waals surface area contributed by atoms with Gasteiger partial charge < -0.3 is 10.3 Å². The first-order chi connectivity index (χ1) is 13.1. The highest BCUT2D eigenvalue weighted by atomic mass is 19.1. The zero-order valence-electron chi connectivity index (χ0n) is 15.0. The Balaban J connectivity index is 1.69. The van der Waals surface area contributed by atoms with E-state index in [0.717, 1.165) is 58.2 Å². The zero-order valence-corrected chi connectivity index (χ0v) is 15.0. The van der Waals surface area contributed by atoms with E-state index in [4.69, 9.17) is 4.84 Å². The summed E-state index contributed by atoms with van der Waals surface area (Å²) in [5.41, 5.74) is 7.97. The van der Waals surface area contributed by atoms with Gasteiger partial charge in [-0.2, -0.15) is 0 Å².